The maximum Gasteiger partial charge on any atom is 0.231 e. The fourth-order valence-electron chi connectivity index (χ4n) is 3.59. The maximum atomic E-state index is 14.0. The first-order valence-corrected chi connectivity index (χ1v) is 9.21. The normalized spacial score (nSPS) is 12.7. The summed E-state index contributed by atoms with van der Waals surface area (Å²) in [5.74, 6) is 2.27. The van der Waals surface area contributed by atoms with Gasteiger partial charge in [-0.15, -0.1) is 0 Å². The van der Waals surface area contributed by atoms with Gasteiger partial charge in [-0.3, -0.25) is 4.57 Å². The van der Waals surface area contributed by atoms with E-state index in [1.165, 1.54) is 18.5 Å². The highest BCUT2D eigenvalue weighted by Gasteiger charge is 2.18. The zero-order valence-electron chi connectivity index (χ0n) is 15.5. The summed E-state index contributed by atoms with van der Waals surface area (Å²) in [7, 11) is 0. The standard InChI is InChI=1S/C20H14FN7O2/c21-11-1-3-13-14(5-11)28(12-2-4-15-16(6-12)30-10-29-15)17(27-13)7-22-19-18-20(24-8-23-18)26-9-25-19/h1-6,8-9H,7,10H2,(H2,22,23,24,25,26). The zero-order valence-corrected chi connectivity index (χ0v) is 15.5. The number of aromatic nitrogens is 6. The van der Waals surface area contributed by atoms with Crippen LogP contribution < -0.4 is 14.8 Å². The SMILES string of the molecule is Fc1ccc2nc(CNc3ncnc4nc[nH]c34)n(-c3ccc4c(c3)OCO4)c2c1. The van der Waals surface area contributed by atoms with Gasteiger partial charge in [-0.05, 0) is 24.3 Å². The Hall–Kier alpha value is -4.21. The monoisotopic (exact) mass is 403 g/mol. The van der Waals surface area contributed by atoms with Crippen molar-refractivity contribution in [1.82, 2.24) is 29.5 Å². The number of nitrogens with zero attached hydrogens (tertiary/aromatic N) is 5. The summed E-state index contributed by atoms with van der Waals surface area (Å²) in [5.41, 5.74) is 3.40. The summed E-state index contributed by atoms with van der Waals surface area (Å²) >= 11 is 0. The molecule has 0 atom stereocenters. The van der Waals surface area contributed by atoms with Gasteiger partial charge in [0.2, 0.25) is 6.79 Å². The number of fused-ring (bicyclic) bond motifs is 3. The molecule has 1 aliphatic rings. The first-order chi connectivity index (χ1) is 14.8. The summed E-state index contributed by atoms with van der Waals surface area (Å²) in [4.78, 5) is 20.3. The number of imidazole rings is 2. The largest absolute Gasteiger partial charge is 0.454 e. The Kier molecular flexibility index (Phi) is 3.57. The first-order valence-electron chi connectivity index (χ1n) is 9.21. The van der Waals surface area contributed by atoms with Gasteiger partial charge in [0.05, 0.1) is 29.6 Å². The molecular weight excluding hydrogens is 389 g/mol. The predicted octanol–water partition coefficient (Wildman–Crippen LogP) is 3.17. The van der Waals surface area contributed by atoms with Crippen molar-refractivity contribution in [2.75, 3.05) is 12.1 Å². The van der Waals surface area contributed by atoms with E-state index in [1.807, 2.05) is 22.8 Å². The minimum absolute atomic E-state index is 0.181. The summed E-state index contributed by atoms with van der Waals surface area (Å²) in [6, 6.07) is 10.1. The van der Waals surface area contributed by atoms with E-state index in [0.717, 1.165) is 5.69 Å². The Labute approximate surface area is 168 Å². The summed E-state index contributed by atoms with van der Waals surface area (Å²) < 4.78 is 26.8. The van der Waals surface area contributed by atoms with Crippen molar-refractivity contribution in [2.24, 2.45) is 0 Å². The van der Waals surface area contributed by atoms with Gasteiger partial charge >= 0.3 is 0 Å². The number of anilines is 1. The molecule has 148 valence electrons. The Morgan fingerprint density at radius 1 is 1.07 bits per heavy atom. The lowest BCUT2D eigenvalue weighted by atomic mass is 10.2. The van der Waals surface area contributed by atoms with Gasteiger partial charge in [-0.25, -0.2) is 24.3 Å². The number of nitrogens with one attached hydrogen (secondary N) is 2. The molecule has 0 bridgehead atoms. The Balaban J connectivity index is 1.45. The van der Waals surface area contributed by atoms with E-state index < -0.39 is 0 Å². The van der Waals surface area contributed by atoms with Gasteiger partial charge < -0.3 is 19.8 Å². The van der Waals surface area contributed by atoms with Crippen molar-refractivity contribution in [3.8, 4) is 17.2 Å². The van der Waals surface area contributed by atoms with Crippen LogP contribution in [0, 0.1) is 5.82 Å². The van der Waals surface area contributed by atoms with Crippen LogP contribution in [0.5, 0.6) is 11.5 Å². The molecule has 0 aliphatic carbocycles. The molecule has 4 heterocycles. The molecule has 2 N–H and O–H groups in total. The highest BCUT2D eigenvalue weighted by atomic mass is 19.1. The van der Waals surface area contributed by atoms with E-state index in [2.05, 4.69) is 25.3 Å². The van der Waals surface area contributed by atoms with Crippen molar-refractivity contribution in [3.63, 3.8) is 0 Å². The van der Waals surface area contributed by atoms with E-state index in [4.69, 9.17) is 14.5 Å². The fraction of sp³-hybridized carbons (Fsp3) is 0.100. The van der Waals surface area contributed by atoms with Crippen LogP contribution in [-0.2, 0) is 6.54 Å². The van der Waals surface area contributed by atoms with Crippen molar-refractivity contribution in [1.29, 1.82) is 0 Å². The van der Waals surface area contributed by atoms with Crippen molar-refractivity contribution in [2.45, 2.75) is 6.54 Å². The van der Waals surface area contributed by atoms with Gasteiger partial charge in [0.1, 0.15) is 23.5 Å². The molecule has 0 unspecified atom stereocenters. The van der Waals surface area contributed by atoms with Crippen LogP contribution in [0.3, 0.4) is 0 Å². The zero-order chi connectivity index (χ0) is 20.1. The lowest BCUT2D eigenvalue weighted by molar-refractivity contribution is 0.174. The third kappa shape index (κ3) is 2.61. The molecule has 1 aliphatic heterocycles. The van der Waals surface area contributed by atoms with Crippen LogP contribution in [0.15, 0.2) is 49.1 Å². The second kappa shape index (κ2) is 6.41. The molecule has 2 aromatic carbocycles. The number of rotatable bonds is 4. The second-order valence-corrected chi connectivity index (χ2v) is 6.71. The fourth-order valence-corrected chi connectivity index (χ4v) is 3.59. The highest BCUT2D eigenvalue weighted by Crippen LogP contribution is 2.35. The molecule has 6 rings (SSSR count). The molecule has 0 saturated carbocycles. The molecule has 0 spiro atoms. The number of ether oxygens (including phenoxy) is 2. The number of hydrogen-bond donors (Lipinski definition) is 2. The Morgan fingerprint density at radius 3 is 2.97 bits per heavy atom. The van der Waals surface area contributed by atoms with E-state index >= 15 is 0 Å². The highest BCUT2D eigenvalue weighted by molar-refractivity contribution is 5.82. The van der Waals surface area contributed by atoms with Crippen molar-refractivity contribution in [3.05, 3.63) is 60.7 Å². The summed E-state index contributed by atoms with van der Waals surface area (Å²) in [6.07, 6.45) is 3.01. The average Bonchev–Trinajstić information content (AvgIpc) is 3.49. The van der Waals surface area contributed by atoms with Gasteiger partial charge in [0.25, 0.3) is 0 Å². The van der Waals surface area contributed by atoms with Crippen LogP contribution in [0.2, 0.25) is 0 Å². The van der Waals surface area contributed by atoms with Crippen LogP contribution in [-0.4, -0.2) is 36.3 Å². The summed E-state index contributed by atoms with van der Waals surface area (Å²) in [6.45, 7) is 0.524. The van der Waals surface area contributed by atoms with Crippen molar-refractivity contribution >= 4 is 28.0 Å². The maximum absolute atomic E-state index is 14.0. The van der Waals surface area contributed by atoms with Crippen LogP contribution in [0.25, 0.3) is 27.9 Å². The van der Waals surface area contributed by atoms with Gasteiger partial charge in [-0.1, -0.05) is 0 Å². The molecule has 30 heavy (non-hydrogen) atoms. The van der Waals surface area contributed by atoms with E-state index in [9.17, 15) is 4.39 Å². The molecule has 0 amide bonds. The Bertz CT molecular complexity index is 1410. The van der Waals surface area contributed by atoms with Crippen LogP contribution >= 0.6 is 0 Å². The molecule has 0 fully saturated rings. The number of halogens is 1. The molecular formula is C20H14FN7O2. The molecule has 9 nitrogen and oxygen atoms in total. The minimum atomic E-state index is -0.334. The number of H-pyrrole nitrogens is 1. The van der Waals surface area contributed by atoms with Crippen molar-refractivity contribution < 1.29 is 13.9 Å². The first kappa shape index (κ1) is 16.7. The van der Waals surface area contributed by atoms with Gasteiger partial charge in [0, 0.05) is 12.1 Å². The van der Waals surface area contributed by atoms with Crippen LogP contribution in [0.4, 0.5) is 10.2 Å². The third-order valence-electron chi connectivity index (χ3n) is 4.94. The van der Waals surface area contributed by atoms with Gasteiger partial charge in [-0.2, -0.15) is 0 Å². The number of hydrogen-bond acceptors (Lipinski definition) is 7. The topological polar surface area (TPSA) is 103 Å². The quantitative estimate of drug-likeness (QED) is 0.475. The lowest BCUT2D eigenvalue weighted by Gasteiger charge is -2.11. The third-order valence-corrected chi connectivity index (χ3v) is 4.94. The van der Waals surface area contributed by atoms with Crippen LogP contribution in [0.1, 0.15) is 5.82 Å². The molecule has 3 aromatic heterocycles. The molecule has 10 heteroatoms. The number of aromatic amines is 1. The predicted molar refractivity (Wildman–Crippen MR) is 106 cm³/mol. The summed E-state index contributed by atoms with van der Waals surface area (Å²) in [5, 5.41) is 3.27. The number of benzene rings is 2. The van der Waals surface area contributed by atoms with Gasteiger partial charge in [0.15, 0.2) is 23.0 Å². The minimum Gasteiger partial charge on any atom is -0.454 e. The second-order valence-electron chi connectivity index (χ2n) is 6.71. The lowest BCUT2D eigenvalue weighted by Crippen LogP contribution is -2.09. The Morgan fingerprint density at radius 2 is 2.00 bits per heavy atom. The molecule has 0 radical (unpaired) electrons. The molecule has 0 saturated heterocycles. The van der Waals surface area contributed by atoms with E-state index in [1.54, 1.807) is 12.4 Å². The molecule has 5 aromatic rings. The average molecular weight is 403 g/mol. The van der Waals surface area contributed by atoms with E-state index in [0.29, 0.717) is 51.9 Å². The van der Waals surface area contributed by atoms with E-state index in [-0.39, 0.29) is 12.6 Å². The smallest absolute Gasteiger partial charge is 0.231 e.